The van der Waals surface area contributed by atoms with Gasteiger partial charge in [-0.05, 0) is 24.2 Å². The van der Waals surface area contributed by atoms with E-state index < -0.39 is 0 Å². The maximum absolute atomic E-state index is 13.5. The molecule has 0 spiro atoms. The van der Waals surface area contributed by atoms with Gasteiger partial charge in [0.1, 0.15) is 15.5 Å². The highest BCUT2D eigenvalue weighted by molar-refractivity contribution is 7.22. The van der Waals surface area contributed by atoms with Crippen molar-refractivity contribution in [1.29, 1.82) is 0 Å². The van der Waals surface area contributed by atoms with Crippen LogP contribution in [0.1, 0.15) is 0 Å². The third-order valence-electron chi connectivity index (χ3n) is 5.83. The number of nitrogens with two attached hydrogens (primary N) is 1. The van der Waals surface area contributed by atoms with Crippen LogP contribution in [0.5, 0.6) is 0 Å². The maximum atomic E-state index is 13.5. The third kappa shape index (κ3) is 3.69. The number of anilines is 2. The van der Waals surface area contributed by atoms with Crippen LogP contribution in [0, 0.1) is 0 Å². The van der Waals surface area contributed by atoms with E-state index in [0.29, 0.717) is 11.1 Å². The standard InChI is InChI=1S/C25H24N4OS/c1-28-12-14-29(15-13-28)25-22(26)23(30)21-19(17-8-4-2-5-9-17)16-20(27-24(21)31-25)18-10-6-3-7-11-18/h2-11,16H,12-15,26H2,1H3. The van der Waals surface area contributed by atoms with Crippen LogP contribution in [0.25, 0.3) is 32.6 Å². The van der Waals surface area contributed by atoms with Gasteiger partial charge in [-0.2, -0.15) is 0 Å². The first kappa shape index (κ1) is 19.7. The van der Waals surface area contributed by atoms with E-state index >= 15 is 0 Å². The number of nitrogen functional groups attached to an aromatic ring is 1. The molecule has 0 aliphatic carbocycles. The fourth-order valence-electron chi connectivity index (χ4n) is 4.04. The Balaban J connectivity index is 1.77. The Morgan fingerprint density at radius 1 is 0.903 bits per heavy atom. The van der Waals surface area contributed by atoms with Crippen LogP contribution in [0.15, 0.2) is 71.5 Å². The minimum Gasteiger partial charge on any atom is -0.393 e. The van der Waals surface area contributed by atoms with Gasteiger partial charge in [0.25, 0.3) is 0 Å². The third-order valence-corrected chi connectivity index (χ3v) is 6.99. The fraction of sp³-hybridized carbons (Fsp3) is 0.200. The van der Waals surface area contributed by atoms with Crippen molar-refractivity contribution in [3.8, 4) is 22.4 Å². The molecule has 0 radical (unpaired) electrons. The summed E-state index contributed by atoms with van der Waals surface area (Å²) in [5, 5.41) is 1.44. The van der Waals surface area contributed by atoms with Crippen LogP contribution >= 0.6 is 11.3 Å². The Kier molecular flexibility index (Phi) is 5.18. The molecule has 4 aromatic rings. The lowest BCUT2D eigenvalue weighted by atomic mass is 10.00. The quantitative estimate of drug-likeness (QED) is 0.526. The van der Waals surface area contributed by atoms with Crippen molar-refractivity contribution in [3.63, 3.8) is 0 Å². The molecule has 1 aliphatic rings. The van der Waals surface area contributed by atoms with Crippen LogP contribution in [-0.4, -0.2) is 43.1 Å². The predicted molar refractivity (Wildman–Crippen MR) is 131 cm³/mol. The van der Waals surface area contributed by atoms with E-state index in [-0.39, 0.29) is 5.43 Å². The zero-order valence-corrected chi connectivity index (χ0v) is 18.2. The lowest BCUT2D eigenvalue weighted by Gasteiger charge is -2.34. The van der Waals surface area contributed by atoms with E-state index in [2.05, 4.69) is 16.8 Å². The van der Waals surface area contributed by atoms with Gasteiger partial charge in [-0.1, -0.05) is 72.0 Å². The molecule has 1 aliphatic heterocycles. The molecule has 5 nitrogen and oxygen atoms in total. The van der Waals surface area contributed by atoms with E-state index in [4.69, 9.17) is 10.7 Å². The summed E-state index contributed by atoms with van der Waals surface area (Å²) < 4.78 is 0. The van der Waals surface area contributed by atoms with E-state index in [0.717, 1.165) is 58.4 Å². The van der Waals surface area contributed by atoms with E-state index in [1.807, 2.05) is 66.7 Å². The van der Waals surface area contributed by atoms with Gasteiger partial charge >= 0.3 is 0 Å². The van der Waals surface area contributed by atoms with Crippen LogP contribution in [0.3, 0.4) is 0 Å². The fourth-order valence-corrected chi connectivity index (χ4v) is 5.19. The highest BCUT2D eigenvalue weighted by atomic mass is 32.1. The molecule has 1 saturated heterocycles. The number of piperazine rings is 1. The molecule has 0 unspecified atom stereocenters. The molecule has 2 N–H and O–H groups in total. The number of likely N-dealkylation sites (N-methyl/N-ethyl adjacent to an activating group) is 1. The summed E-state index contributed by atoms with van der Waals surface area (Å²) in [6.07, 6.45) is 0. The number of hydrogen-bond acceptors (Lipinski definition) is 6. The van der Waals surface area contributed by atoms with Gasteiger partial charge < -0.3 is 15.5 Å². The molecule has 0 bridgehead atoms. The second kappa shape index (κ2) is 8.13. The van der Waals surface area contributed by atoms with Gasteiger partial charge in [-0.15, -0.1) is 0 Å². The summed E-state index contributed by atoms with van der Waals surface area (Å²) in [5.74, 6) is 0. The summed E-state index contributed by atoms with van der Waals surface area (Å²) in [6, 6.07) is 22.1. The second-order valence-corrected chi connectivity index (χ2v) is 8.89. The average molecular weight is 429 g/mol. The van der Waals surface area contributed by atoms with Crippen LogP contribution in [0.4, 0.5) is 10.7 Å². The Labute approximate surface area is 185 Å². The Morgan fingerprint density at radius 3 is 2.16 bits per heavy atom. The summed E-state index contributed by atoms with van der Waals surface area (Å²) >= 11 is 1.52. The number of benzene rings is 2. The molecule has 31 heavy (non-hydrogen) atoms. The molecule has 3 heterocycles. The predicted octanol–water partition coefficient (Wildman–Crippen LogP) is 4.32. The molecule has 2 aromatic heterocycles. The van der Waals surface area contributed by atoms with Crippen LogP contribution < -0.4 is 16.1 Å². The number of aromatic nitrogens is 1. The molecular formula is C25H24N4OS. The maximum Gasteiger partial charge on any atom is 0.215 e. The summed E-state index contributed by atoms with van der Waals surface area (Å²) in [5.41, 5.74) is 10.4. The van der Waals surface area contributed by atoms with Gasteiger partial charge in [0.05, 0.1) is 11.1 Å². The van der Waals surface area contributed by atoms with Gasteiger partial charge in [0, 0.05) is 31.7 Å². The summed E-state index contributed by atoms with van der Waals surface area (Å²) in [6.45, 7) is 3.61. The molecular weight excluding hydrogens is 404 g/mol. The van der Waals surface area contributed by atoms with Crippen molar-refractivity contribution in [2.45, 2.75) is 0 Å². The number of fused-ring (bicyclic) bond motifs is 1. The number of pyridine rings is 1. The van der Waals surface area contributed by atoms with Gasteiger partial charge in [0.15, 0.2) is 0 Å². The molecule has 2 aromatic carbocycles. The highest BCUT2D eigenvalue weighted by Crippen LogP contribution is 2.37. The topological polar surface area (TPSA) is 62.5 Å². The van der Waals surface area contributed by atoms with E-state index in [1.54, 1.807) is 0 Å². The number of rotatable bonds is 3. The molecule has 0 saturated carbocycles. The first-order valence-electron chi connectivity index (χ1n) is 10.4. The SMILES string of the molecule is CN1CCN(c2sc3nc(-c4ccccc4)cc(-c4ccccc4)c3c(=O)c2N)CC1. The van der Waals surface area contributed by atoms with Crippen LogP contribution in [0.2, 0.25) is 0 Å². The Morgan fingerprint density at radius 2 is 1.52 bits per heavy atom. The lowest BCUT2D eigenvalue weighted by Crippen LogP contribution is -2.44. The molecule has 6 heteroatoms. The number of hydrogen-bond donors (Lipinski definition) is 1. The zero-order chi connectivity index (χ0) is 21.4. The van der Waals surface area contributed by atoms with Crippen LogP contribution in [-0.2, 0) is 0 Å². The van der Waals surface area contributed by atoms with Crippen molar-refractivity contribution >= 4 is 32.2 Å². The minimum absolute atomic E-state index is 0.131. The molecule has 5 rings (SSSR count). The normalized spacial score (nSPS) is 14.8. The Bertz CT molecular complexity index is 1280. The highest BCUT2D eigenvalue weighted by Gasteiger charge is 2.22. The Hall–Kier alpha value is -3.22. The average Bonchev–Trinajstić information content (AvgIpc) is 2.82. The minimum atomic E-state index is -0.131. The smallest absolute Gasteiger partial charge is 0.215 e. The lowest BCUT2D eigenvalue weighted by molar-refractivity contribution is 0.313. The van der Waals surface area contributed by atoms with E-state index in [9.17, 15) is 4.79 Å². The summed E-state index contributed by atoms with van der Waals surface area (Å²) in [4.78, 5) is 23.7. The first-order valence-corrected chi connectivity index (χ1v) is 11.2. The van der Waals surface area contributed by atoms with Crippen molar-refractivity contribution in [3.05, 3.63) is 77.0 Å². The van der Waals surface area contributed by atoms with Crippen molar-refractivity contribution in [2.75, 3.05) is 43.9 Å². The summed E-state index contributed by atoms with van der Waals surface area (Å²) in [7, 11) is 2.11. The van der Waals surface area contributed by atoms with Crippen molar-refractivity contribution < 1.29 is 0 Å². The second-order valence-electron chi connectivity index (χ2n) is 7.91. The molecule has 1 fully saturated rings. The number of nitrogens with zero attached hydrogens (tertiary/aromatic N) is 3. The van der Waals surface area contributed by atoms with Gasteiger partial charge in [-0.3, -0.25) is 4.79 Å². The first-order chi connectivity index (χ1) is 15.1. The van der Waals surface area contributed by atoms with Gasteiger partial charge in [-0.25, -0.2) is 4.98 Å². The monoisotopic (exact) mass is 428 g/mol. The molecule has 0 amide bonds. The van der Waals surface area contributed by atoms with Gasteiger partial charge in [0.2, 0.25) is 5.43 Å². The molecule has 156 valence electrons. The van der Waals surface area contributed by atoms with Crippen molar-refractivity contribution in [2.24, 2.45) is 0 Å². The zero-order valence-electron chi connectivity index (χ0n) is 17.4. The van der Waals surface area contributed by atoms with Crippen molar-refractivity contribution in [1.82, 2.24) is 9.88 Å². The largest absolute Gasteiger partial charge is 0.393 e. The van der Waals surface area contributed by atoms with E-state index in [1.165, 1.54) is 11.3 Å². The molecule has 0 atom stereocenters.